The molecule has 5 aromatic carbocycles. The number of rotatable bonds is 11. The lowest BCUT2D eigenvalue weighted by Crippen LogP contribution is -2.28. The van der Waals surface area contributed by atoms with E-state index in [0.29, 0.717) is 19.3 Å². The fourth-order valence-corrected chi connectivity index (χ4v) is 5.65. The van der Waals surface area contributed by atoms with Gasteiger partial charge in [0.2, 0.25) is 0 Å². The number of aliphatic hydroxyl groups excluding tert-OH is 4. The highest BCUT2D eigenvalue weighted by Crippen LogP contribution is 2.34. The average molecular weight is 665 g/mol. The molecule has 0 amide bonds. The molecule has 260 valence electrons. The van der Waals surface area contributed by atoms with E-state index in [2.05, 4.69) is 0 Å². The topological polar surface area (TPSA) is 121 Å². The molecule has 5 rings (SSSR count). The molecule has 0 radical (unpaired) electrons. The lowest BCUT2D eigenvalue weighted by molar-refractivity contribution is 0.0504. The van der Waals surface area contributed by atoms with Crippen LogP contribution in [0.2, 0.25) is 0 Å². The SMILES string of the molecule is Cc1ccc(C(O)(CCO)c2ccc(C)cc2)cc1.Cc1cccc(C(O)(CCO)c2cccc(C)c2)c1.OCC(O)Cc1ccccc1. The first kappa shape index (κ1) is 39.3. The second-order valence-corrected chi connectivity index (χ2v) is 12.7. The zero-order valence-electron chi connectivity index (χ0n) is 29.1. The van der Waals surface area contributed by atoms with Crippen LogP contribution in [0, 0.1) is 27.7 Å². The maximum atomic E-state index is 11.0. The summed E-state index contributed by atoms with van der Waals surface area (Å²) in [4.78, 5) is 0. The Bertz CT molecular complexity index is 1570. The van der Waals surface area contributed by atoms with Gasteiger partial charge in [-0.2, -0.15) is 0 Å². The second kappa shape index (κ2) is 19.2. The molecule has 49 heavy (non-hydrogen) atoms. The molecule has 6 heteroatoms. The van der Waals surface area contributed by atoms with E-state index in [1.54, 1.807) is 0 Å². The van der Waals surface area contributed by atoms with Crippen molar-refractivity contribution in [2.75, 3.05) is 19.8 Å². The molecule has 0 aliphatic carbocycles. The van der Waals surface area contributed by atoms with Gasteiger partial charge in [0.25, 0.3) is 0 Å². The van der Waals surface area contributed by atoms with E-state index in [9.17, 15) is 20.4 Å². The first-order valence-electron chi connectivity index (χ1n) is 16.7. The Morgan fingerprint density at radius 3 is 1.24 bits per heavy atom. The van der Waals surface area contributed by atoms with Gasteiger partial charge < -0.3 is 30.6 Å². The Morgan fingerprint density at radius 2 is 0.878 bits per heavy atom. The summed E-state index contributed by atoms with van der Waals surface area (Å²) in [5.41, 5.74) is 6.57. The van der Waals surface area contributed by atoms with Crippen LogP contribution in [0.1, 0.15) is 62.9 Å². The van der Waals surface area contributed by atoms with Crippen LogP contribution >= 0.6 is 0 Å². The molecule has 5 aromatic rings. The van der Waals surface area contributed by atoms with Gasteiger partial charge in [-0.3, -0.25) is 0 Å². The molecule has 0 fully saturated rings. The van der Waals surface area contributed by atoms with Crippen molar-refractivity contribution < 1.29 is 30.6 Å². The van der Waals surface area contributed by atoms with Crippen molar-refractivity contribution in [3.05, 3.63) is 177 Å². The molecular formula is C43H52O6. The van der Waals surface area contributed by atoms with Gasteiger partial charge in [-0.15, -0.1) is 0 Å². The first-order chi connectivity index (χ1) is 23.4. The Labute approximate surface area is 291 Å². The highest BCUT2D eigenvalue weighted by molar-refractivity contribution is 5.40. The first-order valence-corrected chi connectivity index (χ1v) is 16.7. The van der Waals surface area contributed by atoms with E-state index < -0.39 is 17.3 Å². The maximum Gasteiger partial charge on any atom is 0.117 e. The van der Waals surface area contributed by atoms with Crippen LogP contribution < -0.4 is 0 Å². The van der Waals surface area contributed by atoms with Crippen LogP contribution in [0.15, 0.2) is 127 Å². The van der Waals surface area contributed by atoms with Crippen LogP contribution in [0.25, 0.3) is 0 Å². The van der Waals surface area contributed by atoms with E-state index in [1.807, 2.05) is 155 Å². The number of aryl methyl sites for hydroxylation is 4. The van der Waals surface area contributed by atoms with Crippen molar-refractivity contribution in [3.63, 3.8) is 0 Å². The monoisotopic (exact) mass is 664 g/mol. The van der Waals surface area contributed by atoms with Gasteiger partial charge in [-0.25, -0.2) is 0 Å². The van der Waals surface area contributed by atoms with Gasteiger partial charge in [-0.1, -0.05) is 150 Å². The van der Waals surface area contributed by atoms with Gasteiger partial charge in [-0.05, 0) is 55.5 Å². The highest BCUT2D eigenvalue weighted by Gasteiger charge is 2.32. The molecule has 6 N–H and O–H groups in total. The Hall–Kier alpha value is -4.14. The van der Waals surface area contributed by atoms with Gasteiger partial charge in [0, 0.05) is 32.5 Å². The highest BCUT2D eigenvalue weighted by atomic mass is 16.3. The normalized spacial score (nSPS) is 11.9. The predicted octanol–water partition coefficient (Wildman–Crippen LogP) is 6.43. The van der Waals surface area contributed by atoms with Crippen LogP contribution in [0.3, 0.4) is 0 Å². The predicted molar refractivity (Wildman–Crippen MR) is 197 cm³/mol. The van der Waals surface area contributed by atoms with Crippen LogP contribution in [0.5, 0.6) is 0 Å². The molecule has 0 saturated heterocycles. The summed E-state index contributed by atoms with van der Waals surface area (Å²) in [6.07, 6.45) is 0.480. The number of hydrogen-bond acceptors (Lipinski definition) is 6. The number of hydrogen-bond donors (Lipinski definition) is 6. The molecule has 1 atom stereocenters. The molecular weight excluding hydrogens is 612 g/mol. The average Bonchev–Trinajstić information content (AvgIpc) is 3.10. The zero-order valence-corrected chi connectivity index (χ0v) is 29.1. The van der Waals surface area contributed by atoms with Crippen molar-refractivity contribution in [1.82, 2.24) is 0 Å². The molecule has 6 nitrogen and oxygen atoms in total. The summed E-state index contributed by atoms with van der Waals surface area (Å²) in [6, 6.07) is 40.8. The lowest BCUT2D eigenvalue weighted by atomic mass is 9.83. The minimum atomic E-state index is -1.13. The van der Waals surface area contributed by atoms with Crippen LogP contribution in [-0.2, 0) is 17.6 Å². The molecule has 0 aromatic heterocycles. The Balaban J connectivity index is 0.000000207. The third kappa shape index (κ3) is 11.5. The summed E-state index contributed by atoms with van der Waals surface area (Å²) in [5.74, 6) is 0. The molecule has 0 heterocycles. The Kier molecular flexibility index (Phi) is 15.4. The van der Waals surface area contributed by atoms with Gasteiger partial charge in [0.05, 0.1) is 12.7 Å². The van der Waals surface area contributed by atoms with Crippen molar-refractivity contribution in [2.24, 2.45) is 0 Å². The van der Waals surface area contributed by atoms with E-state index in [-0.39, 0.29) is 19.8 Å². The van der Waals surface area contributed by atoms with Gasteiger partial charge >= 0.3 is 0 Å². The van der Waals surface area contributed by atoms with Crippen LogP contribution in [0.4, 0.5) is 0 Å². The number of aliphatic hydroxyl groups is 6. The van der Waals surface area contributed by atoms with E-state index in [4.69, 9.17) is 10.2 Å². The molecule has 0 bridgehead atoms. The third-order valence-electron chi connectivity index (χ3n) is 8.52. The summed E-state index contributed by atoms with van der Waals surface area (Å²) >= 11 is 0. The molecule has 0 spiro atoms. The van der Waals surface area contributed by atoms with Crippen molar-refractivity contribution in [2.45, 2.75) is 64.3 Å². The fourth-order valence-electron chi connectivity index (χ4n) is 5.65. The third-order valence-corrected chi connectivity index (χ3v) is 8.52. The maximum absolute atomic E-state index is 11.0. The molecule has 0 aliphatic heterocycles. The minimum absolute atomic E-state index is 0.0572. The van der Waals surface area contributed by atoms with Crippen molar-refractivity contribution >= 4 is 0 Å². The van der Waals surface area contributed by atoms with E-state index in [1.165, 1.54) is 0 Å². The molecule has 1 unspecified atom stereocenters. The smallest absolute Gasteiger partial charge is 0.117 e. The molecule has 0 aliphatic rings. The second-order valence-electron chi connectivity index (χ2n) is 12.7. The van der Waals surface area contributed by atoms with Gasteiger partial charge in [0.1, 0.15) is 11.2 Å². The largest absolute Gasteiger partial charge is 0.396 e. The van der Waals surface area contributed by atoms with Gasteiger partial charge in [0.15, 0.2) is 0 Å². The lowest BCUT2D eigenvalue weighted by Gasteiger charge is -2.29. The Morgan fingerprint density at radius 1 is 0.469 bits per heavy atom. The van der Waals surface area contributed by atoms with Crippen molar-refractivity contribution in [3.8, 4) is 0 Å². The summed E-state index contributed by atoms with van der Waals surface area (Å²) < 4.78 is 0. The quantitative estimate of drug-likeness (QED) is 0.0969. The van der Waals surface area contributed by atoms with E-state index in [0.717, 1.165) is 50.1 Å². The zero-order chi connectivity index (χ0) is 35.9. The molecule has 0 saturated carbocycles. The van der Waals surface area contributed by atoms with E-state index >= 15 is 0 Å². The summed E-state index contributed by atoms with van der Waals surface area (Å²) in [5, 5.41) is 58.2. The standard InChI is InChI=1S/2C17H20O2.C9H12O2/c1-13-3-7-15(8-4-13)17(19,11-12-18)16-9-5-14(2)6-10-16;1-13-5-3-7-15(11-13)17(19,9-10-18)16-8-4-6-14(2)12-16;10-7-9(11)6-8-4-2-1-3-5-8/h3-10,18-19H,11-12H2,1-2H3;3-8,11-12,18-19H,9-10H2,1-2H3;1-5,9-11H,6-7H2. The fraction of sp³-hybridized carbons (Fsp3) is 0.302. The number of benzene rings is 5. The minimum Gasteiger partial charge on any atom is -0.396 e. The van der Waals surface area contributed by atoms with Crippen LogP contribution in [-0.4, -0.2) is 56.6 Å². The van der Waals surface area contributed by atoms with Crippen molar-refractivity contribution in [1.29, 1.82) is 0 Å². The summed E-state index contributed by atoms with van der Waals surface area (Å²) in [7, 11) is 0. The summed E-state index contributed by atoms with van der Waals surface area (Å²) in [6.45, 7) is 7.74.